The van der Waals surface area contributed by atoms with Gasteiger partial charge in [-0.2, -0.15) is 0 Å². The Balaban J connectivity index is 2.42. The fourth-order valence-electron chi connectivity index (χ4n) is 1.54. The summed E-state index contributed by atoms with van der Waals surface area (Å²) in [4.78, 5) is 2.31. The molecular weight excluding hydrogens is 184 g/mol. The molecule has 0 fully saturated rings. The highest BCUT2D eigenvalue weighted by molar-refractivity contribution is 5.45. The van der Waals surface area contributed by atoms with E-state index in [2.05, 4.69) is 61.4 Å². The number of hydrogen-bond acceptors (Lipinski definition) is 2. The number of para-hydroxylation sites is 1. The molecule has 0 saturated heterocycles. The molecule has 0 spiro atoms. The van der Waals surface area contributed by atoms with E-state index >= 15 is 0 Å². The third-order valence-corrected chi connectivity index (χ3v) is 2.69. The largest absolute Gasteiger partial charge is 0.371 e. The normalized spacial score (nSPS) is 12.5. The number of rotatable bonds is 6. The molecule has 0 aliphatic heterocycles. The molecule has 0 amide bonds. The first-order valence-electron chi connectivity index (χ1n) is 5.74. The molecule has 1 unspecified atom stereocenters. The van der Waals surface area contributed by atoms with Crippen molar-refractivity contribution >= 4 is 5.69 Å². The molecule has 2 nitrogen and oxygen atoms in total. The lowest BCUT2D eigenvalue weighted by Gasteiger charge is -2.27. The minimum atomic E-state index is 0.527. The molecule has 84 valence electrons. The second kappa shape index (κ2) is 6.46. The topological polar surface area (TPSA) is 15.3 Å². The number of likely N-dealkylation sites (N-methyl/N-ethyl adjacent to an activating group) is 1. The Kier molecular flexibility index (Phi) is 5.19. The maximum absolute atomic E-state index is 3.44. The molecule has 0 saturated carbocycles. The van der Waals surface area contributed by atoms with Crippen molar-refractivity contribution < 1.29 is 0 Å². The number of anilines is 1. The van der Waals surface area contributed by atoms with Gasteiger partial charge in [0.25, 0.3) is 0 Å². The van der Waals surface area contributed by atoms with E-state index in [4.69, 9.17) is 0 Å². The Hall–Kier alpha value is -1.02. The lowest BCUT2D eigenvalue weighted by atomic mass is 10.2. The molecule has 0 heterocycles. The smallest absolute Gasteiger partial charge is 0.0383 e. The maximum atomic E-state index is 3.44. The van der Waals surface area contributed by atoms with Gasteiger partial charge in [-0.15, -0.1) is 0 Å². The van der Waals surface area contributed by atoms with Crippen LogP contribution in [0.25, 0.3) is 0 Å². The zero-order chi connectivity index (χ0) is 11.1. The Bertz CT molecular complexity index is 258. The van der Waals surface area contributed by atoms with E-state index in [1.54, 1.807) is 0 Å². The van der Waals surface area contributed by atoms with Crippen LogP contribution in [0.3, 0.4) is 0 Å². The molecule has 0 aliphatic carbocycles. The molecule has 1 rings (SSSR count). The number of hydrogen-bond donors (Lipinski definition) is 1. The third kappa shape index (κ3) is 3.92. The molecule has 0 radical (unpaired) electrons. The highest BCUT2D eigenvalue weighted by Gasteiger charge is 2.08. The van der Waals surface area contributed by atoms with Crippen molar-refractivity contribution in [3.05, 3.63) is 30.3 Å². The van der Waals surface area contributed by atoms with Crippen LogP contribution in [0, 0.1) is 0 Å². The lowest BCUT2D eigenvalue weighted by molar-refractivity contribution is 0.582. The highest BCUT2D eigenvalue weighted by Crippen LogP contribution is 2.13. The van der Waals surface area contributed by atoms with Crippen LogP contribution in [0.15, 0.2) is 30.3 Å². The Morgan fingerprint density at radius 2 is 1.93 bits per heavy atom. The van der Waals surface area contributed by atoms with Gasteiger partial charge in [-0.05, 0) is 32.0 Å². The third-order valence-electron chi connectivity index (χ3n) is 2.69. The second-order valence-electron chi connectivity index (χ2n) is 4.00. The van der Waals surface area contributed by atoms with Crippen LogP contribution in [0.5, 0.6) is 0 Å². The average molecular weight is 206 g/mol. The minimum Gasteiger partial charge on any atom is -0.371 e. The quantitative estimate of drug-likeness (QED) is 0.719. The fourth-order valence-corrected chi connectivity index (χ4v) is 1.54. The summed E-state index contributed by atoms with van der Waals surface area (Å²) in [6.07, 6.45) is 1.20. The van der Waals surface area contributed by atoms with E-state index < -0.39 is 0 Å². The summed E-state index contributed by atoms with van der Waals surface area (Å²) in [7, 11) is 2.15. The van der Waals surface area contributed by atoms with E-state index in [1.165, 1.54) is 12.1 Å². The van der Waals surface area contributed by atoms with Gasteiger partial charge in [0.15, 0.2) is 0 Å². The van der Waals surface area contributed by atoms with Gasteiger partial charge >= 0.3 is 0 Å². The average Bonchev–Trinajstić information content (AvgIpc) is 2.29. The van der Waals surface area contributed by atoms with Crippen molar-refractivity contribution in [1.82, 2.24) is 5.32 Å². The van der Waals surface area contributed by atoms with E-state index in [9.17, 15) is 0 Å². The van der Waals surface area contributed by atoms with Crippen molar-refractivity contribution in [2.24, 2.45) is 0 Å². The summed E-state index contributed by atoms with van der Waals surface area (Å²) in [5, 5.41) is 3.44. The summed E-state index contributed by atoms with van der Waals surface area (Å²) in [5.74, 6) is 0. The van der Waals surface area contributed by atoms with Gasteiger partial charge in [-0.3, -0.25) is 0 Å². The summed E-state index contributed by atoms with van der Waals surface area (Å²) in [6, 6.07) is 11.0. The number of benzene rings is 1. The van der Waals surface area contributed by atoms with Gasteiger partial charge in [0.2, 0.25) is 0 Å². The zero-order valence-corrected chi connectivity index (χ0v) is 10.0. The van der Waals surface area contributed by atoms with Crippen LogP contribution in [-0.4, -0.2) is 26.2 Å². The van der Waals surface area contributed by atoms with Crippen LogP contribution in [0.2, 0.25) is 0 Å². The van der Waals surface area contributed by atoms with Crippen LogP contribution in [-0.2, 0) is 0 Å². The van der Waals surface area contributed by atoms with E-state index in [1.807, 2.05) is 0 Å². The van der Waals surface area contributed by atoms with Gasteiger partial charge in [0, 0.05) is 25.3 Å². The fraction of sp³-hybridized carbons (Fsp3) is 0.538. The molecule has 2 heteroatoms. The second-order valence-corrected chi connectivity index (χ2v) is 4.00. The van der Waals surface area contributed by atoms with Crippen molar-refractivity contribution in [3.63, 3.8) is 0 Å². The number of nitrogens with zero attached hydrogens (tertiary/aromatic N) is 1. The molecule has 1 atom stereocenters. The first-order valence-corrected chi connectivity index (χ1v) is 5.74. The molecule has 1 aromatic carbocycles. The van der Waals surface area contributed by atoms with Gasteiger partial charge < -0.3 is 10.2 Å². The molecular formula is C13H22N2. The van der Waals surface area contributed by atoms with E-state index in [0.29, 0.717) is 6.04 Å². The van der Waals surface area contributed by atoms with Gasteiger partial charge in [0.05, 0.1) is 0 Å². The van der Waals surface area contributed by atoms with Gasteiger partial charge in [0.1, 0.15) is 0 Å². The van der Waals surface area contributed by atoms with E-state index in [0.717, 1.165) is 13.1 Å². The van der Waals surface area contributed by atoms with Gasteiger partial charge in [-0.1, -0.05) is 25.1 Å². The molecule has 1 aromatic rings. The predicted octanol–water partition coefficient (Wildman–Crippen LogP) is 2.51. The summed E-state index contributed by atoms with van der Waals surface area (Å²) >= 11 is 0. The highest BCUT2D eigenvalue weighted by atomic mass is 15.1. The first-order chi connectivity index (χ1) is 7.25. The summed E-state index contributed by atoms with van der Waals surface area (Å²) in [6.45, 7) is 6.58. The molecule has 0 aromatic heterocycles. The van der Waals surface area contributed by atoms with Crippen LogP contribution in [0.1, 0.15) is 20.3 Å². The lowest BCUT2D eigenvalue weighted by Crippen LogP contribution is -2.38. The molecule has 0 aliphatic rings. The summed E-state index contributed by atoms with van der Waals surface area (Å²) in [5.41, 5.74) is 1.28. The monoisotopic (exact) mass is 206 g/mol. The predicted molar refractivity (Wildman–Crippen MR) is 67.5 cm³/mol. The summed E-state index contributed by atoms with van der Waals surface area (Å²) < 4.78 is 0. The molecule has 0 bridgehead atoms. The minimum absolute atomic E-state index is 0.527. The van der Waals surface area contributed by atoms with Crippen molar-refractivity contribution in [2.45, 2.75) is 26.3 Å². The van der Waals surface area contributed by atoms with Crippen molar-refractivity contribution in [3.8, 4) is 0 Å². The Labute approximate surface area is 93.3 Å². The maximum Gasteiger partial charge on any atom is 0.0383 e. The van der Waals surface area contributed by atoms with Crippen LogP contribution < -0.4 is 10.2 Å². The Morgan fingerprint density at radius 1 is 1.27 bits per heavy atom. The first kappa shape index (κ1) is 12.1. The van der Waals surface area contributed by atoms with Crippen molar-refractivity contribution in [1.29, 1.82) is 0 Å². The SMILES string of the molecule is CCCNCC(C)N(C)c1ccccc1. The Morgan fingerprint density at radius 3 is 2.53 bits per heavy atom. The van der Waals surface area contributed by atoms with Gasteiger partial charge in [-0.25, -0.2) is 0 Å². The van der Waals surface area contributed by atoms with E-state index in [-0.39, 0.29) is 0 Å². The zero-order valence-electron chi connectivity index (χ0n) is 10.0. The van der Waals surface area contributed by atoms with Crippen LogP contribution in [0.4, 0.5) is 5.69 Å². The molecule has 15 heavy (non-hydrogen) atoms. The van der Waals surface area contributed by atoms with Crippen LogP contribution >= 0.6 is 0 Å². The number of nitrogens with one attached hydrogen (secondary N) is 1. The van der Waals surface area contributed by atoms with Crippen molar-refractivity contribution in [2.75, 3.05) is 25.0 Å². The standard InChI is InChI=1S/C13H22N2/c1-4-10-14-11-12(2)15(3)13-8-6-5-7-9-13/h5-9,12,14H,4,10-11H2,1-3H3. The molecule has 1 N–H and O–H groups in total.